The molecule has 10 nitrogen and oxygen atoms in total. The highest BCUT2D eigenvalue weighted by Crippen LogP contribution is 2.51. The van der Waals surface area contributed by atoms with Gasteiger partial charge in [-0.3, -0.25) is 14.4 Å². The lowest BCUT2D eigenvalue weighted by Gasteiger charge is -2.47. The molecule has 4 aliphatic heterocycles. The van der Waals surface area contributed by atoms with Gasteiger partial charge in [0.15, 0.2) is 0 Å². The predicted molar refractivity (Wildman–Crippen MR) is 123 cm³/mol. The average Bonchev–Trinajstić information content (AvgIpc) is 3.35. The molecule has 0 aromatic heterocycles. The summed E-state index contributed by atoms with van der Waals surface area (Å²) in [6.07, 6.45) is -2.66. The molecule has 35 heavy (non-hydrogen) atoms. The van der Waals surface area contributed by atoms with Crippen molar-refractivity contribution in [3.8, 4) is 0 Å². The Balaban J connectivity index is 1.44. The van der Waals surface area contributed by atoms with E-state index in [4.69, 9.17) is 0 Å². The minimum absolute atomic E-state index is 0.0386. The summed E-state index contributed by atoms with van der Waals surface area (Å²) in [5, 5.41) is 18.5. The molecule has 3 amide bonds. The summed E-state index contributed by atoms with van der Waals surface area (Å²) in [6, 6.07) is -1.64. The molecule has 3 fully saturated rings. The molecule has 194 valence electrons. The van der Waals surface area contributed by atoms with Crippen molar-refractivity contribution >= 4 is 35.5 Å². The number of nitrogens with zero attached hydrogens (tertiary/aromatic N) is 2. The minimum atomic E-state index is -3.20. The molecule has 13 heteroatoms. The highest BCUT2D eigenvalue weighted by Gasteiger charge is 2.60. The van der Waals surface area contributed by atoms with Crippen LogP contribution in [-0.4, -0.2) is 101 Å². The summed E-state index contributed by atoms with van der Waals surface area (Å²) in [6.45, 7) is 7.94. The number of alkyl halides is 2. The molecule has 3 saturated heterocycles. The molecule has 0 radical (unpaired) electrons. The van der Waals surface area contributed by atoms with Crippen LogP contribution in [-0.2, 0) is 19.2 Å². The lowest BCUT2D eigenvalue weighted by Crippen LogP contribution is -2.66. The van der Waals surface area contributed by atoms with Crippen molar-refractivity contribution in [2.75, 3.05) is 26.2 Å². The van der Waals surface area contributed by atoms with Gasteiger partial charge in [0.2, 0.25) is 11.8 Å². The number of halogens is 2. The van der Waals surface area contributed by atoms with Crippen molar-refractivity contribution in [3.63, 3.8) is 0 Å². The van der Waals surface area contributed by atoms with Crippen molar-refractivity contribution in [2.45, 2.75) is 63.0 Å². The number of aliphatic carboxylic acids is 1. The predicted octanol–water partition coefficient (Wildman–Crippen LogP) is -0.187. The number of carbonyl (C=O) groups excluding carboxylic acids is 3. The topological polar surface area (TPSA) is 131 Å². The van der Waals surface area contributed by atoms with Crippen LogP contribution < -0.4 is 16.0 Å². The van der Waals surface area contributed by atoms with Crippen LogP contribution in [0.2, 0.25) is 0 Å². The lowest BCUT2D eigenvalue weighted by atomic mass is 9.78. The first-order valence-electron chi connectivity index (χ1n) is 11.8. The summed E-state index contributed by atoms with van der Waals surface area (Å²) >= 11 is 1.36. The monoisotopic (exact) mass is 515 g/mol. The van der Waals surface area contributed by atoms with Crippen molar-refractivity contribution < 1.29 is 33.1 Å². The molecule has 0 aliphatic carbocycles. The fraction of sp³-hybridized carbons (Fsp3) is 0.727. The van der Waals surface area contributed by atoms with E-state index in [2.05, 4.69) is 16.0 Å². The van der Waals surface area contributed by atoms with Crippen LogP contribution in [0.3, 0.4) is 0 Å². The van der Waals surface area contributed by atoms with E-state index in [1.54, 1.807) is 0 Å². The Labute approximate surface area is 206 Å². The van der Waals surface area contributed by atoms with Gasteiger partial charge in [-0.25, -0.2) is 4.79 Å². The van der Waals surface area contributed by atoms with Crippen molar-refractivity contribution in [3.05, 3.63) is 10.6 Å². The number of carboxylic acid groups (broad SMARTS) is 1. The Bertz CT molecular complexity index is 949. The number of amides is 3. The molecule has 0 aromatic rings. The number of nitrogens with one attached hydrogen (secondary N) is 3. The normalized spacial score (nSPS) is 33.6. The molecule has 4 aliphatic rings. The standard InChI is InChI=1S/C22H31F2N5O5S/c1-9-7-25-4-5-28(9)20(31)13-6-12(8-26-13)35-17-10(2)15-14(11(3)27-19(30)18(23)24)21(32)29(15)16(17)22(33)34/h9-15,18,25-26H,4-8H2,1-3H3,(H,27,30)(H,33,34)/t9-,10+,11+,12-,13-,14+,15+/m0/s1. The van der Waals surface area contributed by atoms with Gasteiger partial charge >= 0.3 is 12.4 Å². The molecule has 4 N–H and O–H groups in total. The van der Waals surface area contributed by atoms with Crippen LogP contribution in [0.25, 0.3) is 0 Å². The third-order valence-electron chi connectivity index (χ3n) is 7.36. The van der Waals surface area contributed by atoms with Crippen LogP contribution in [0.5, 0.6) is 0 Å². The highest BCUT2D eigenvalue weighted by molar-refractivity contribution is 8.03. The third-order valence-corrected chi connectivity index (χ3v) is 8.88. The fourth-order valence-corrected chi connectivity index (χ4v) is 7.08. The largest absolute Gasteiger partial charge is 0.477 e. The number of hydrogen-bond donors (Lipinski definition) is 4. The van der Waals surface area contributed by atoms with Gasteiger partial charge in [0.05, 0.1) is 18.0 Å². The second-order valence-corrected chi connectivity index (χ2v) is 11.0. The number of carbonyl (C=O) groups is 4. The Morgan fingerprint density at radius 1 is 1.23 bits per heavy atom. The highest BCUT2D eigenvalue weighted by atomic mass is 32.2. The molecule has 4 rings (SSSR count). The number of β-lactam (4-membered cyclic amide) rings is 1. The van der Waals surface area contributed by atoms with Gasteiger partial charge in [-0.05, 0) is 20.3 Å². The van der Waals surface area contributed by atoms with Gasteiger partial charge < -0.3 is 30.9 Å². The molecule has 7 atom stereocenters. The van der Waals surface area contributed by atoms with Gasteiger partial charge in [-0.1, -0.05) is 6.92 Å². The van der Waals surface area contributed by atoms with E-state index in [1.807, 2.05) is 18.7 Å². The number of piperazine rings is 1. The van der Waals surface area contributed by atoms with E-state index in [9.17, 15) is 33.1 Å². The van der Waals surface area contributed by atoms with Crippen LogP contribution in [0.4, 0.5) is 8.78 Å². The maximum atomic E-state index is 13.0. The van der Waals surface area contributed by atoms with E-state index in [0.717, 1.165) is 13.1 Å². The summed E-state index contributed by atoms with van der Waals surface area (Å²) in [4.78, 5) is 53.0. The molecule has 0 saturated carbocycles. The quantitative estimate of drug-likeness (QED) is 0.344. The van der Waals surface area contributed by atoms with Gasteiger partial charge in [0.1, 0.15) is 5.70 Å². The molecule has 0 spiro atoms. The SMILES string of the molecule is C[C@@H](NC(=O)C(F)F)[C@H]1C(=O)N2C(C(=O)O)=C(S[C@@H]3CN[C@H](C(=O)N4CCNC[C@@H]4C)C3)[C@H](C)[C@H]12. The molecule has 0 unspecified atom stereocenters. The van der Waals surface area contributed by atoms with E-state index in [-0.39, 0.29) is 34.9 Å². The maximum Gasteiger partial charge on any atom is 0.353 e. The first-order chi connectivity index (χ1) is 16.5. The van der Waals surface area contributed by atoms with Crippen LogP contribution in [0.15, 0.2) is 10.6 Å². The van der Waals surface area contributed by atoms with Crippen LogP contribution in [0, 0.1) is 11.8 Å². The van der Waals surface area contributed by atoms with Gasteiger partial charge in [0, 0.05) is 54.3 Å². The van der Waals surface area contributed by atoms with Gasteiger partial charge in [0.25, 0.3) is 5.91 Å². The number of hydrogen-bond acceptors (Lipinski definition) is 7. The summed E-state index contributed by atoms with van der Waals surface area (Å²) in [5.41, 5.74) is -0.0911. The Kier molecular flexibility index (Phi) is 7.39. The number of carboxylic acids is 1. The molecular formula is C22H31F2N5O5S. The second kappa shape index (κ2) is 10.0. The van der Waals surface area contributed by atoms with Gasteiger partial charge in [-0.15, -0.1) is 11.8 Å². The number of fused-ring (bicyclic) bond motifs is 1. The van der Waals surface area contributed by atoms with Gasteiger partial charge in [-0.2, -0.15) is 8.78 Å². The zero-order chi connectivity index (χ0) is 25.6. The number of thioether (sulfide) groups is 1. The van der Waals surface area contributed by atoms with Crippen molar-refractivity contribution in [1.29, 1.82) is 0 Å². The molecule has 0 bridgehead atoms. The zero-order valence-electron chi connectivity index (χ0n) is 19.8. The lowest BCUT2D eigenvalue weighted by molar-refractivity contribution is -0.159. The third kappa shape index (κ3) is 4.65. The van der Waals surface area contributed by atoms with Crippen LogP contribution in [0.1, 0.15) is 27.2 Å². The first kappa shape index (κ1) is 25.8. The molecular weight excluding hydrogens is 484 g/mol. The average molecular weight is 516 g/mol. The van der Waals surface area contributed by atoms with E-state index in [1.165, 1.54) is 23.6 Å². The maximum absolute atomic E-state index is 13.0. The fourth-order valence-electron chi connectivity index (χ4n) is 5.60. The molecule has 4 heterocycles. The summed E-state index contributed by atoms with van der Waals surface area (Å²) < 4.78 is 25.3. The van der Waals surface area contributed by atoms with E-state index < -0.39 is 42.2 Å². The second-order valence-electron chi connectivity index (χ2n) is 9.65. The molecule has 0 aromatic carbocycles. The van der Waals surface area contributed by atoms with Crippen molar-refractivity contribution in [1.82, 2.24) is 25.8 Å². The van der Waals surface area contributed by atoms with Crippen molar-refractivity contribution in [2.24, 2.45) is 11.8 Å². The minimum Gasteiger partial charge on any atom is -0.477 e. The van der Waals surface area contributed by atoms with E-state index >= 15 is 0 Å². The Morgan fingerprint density at radius 2 is 1.94 bits per heavy atom. The smallest absolute Gasteiger partial charge is 0.353 e. The Hall–Kier alpha value is -2.25. The van der Waals surface area contributed by atoms with Crippen LogP contribution >= 0.6 is 11.8 Å². The van der Waals surface area contributed by atoms with E-state index in [0.29, 0.717) is 24.4 Å². The Morgan fingerprint density at radius 3 is 2.57 bits per heavy atom. The first-order valence-corrected chi connectivity index (χ1v) is 12.7. The zero-order valence-corrected chi connectivity index (χ0v) is 20.6. The summed E-state index contributed by atoms with van der Waals surface area (Å²) in [7, 11) is 0. The number of rotatable bonds is 7. The summed E-state index contributed by atoms with van der Waals surface area (Å²) in [5.74, 6) is -4.28.